The van der Waals surface area contributed by atoms with Crippen molar-refractivity contribution in [2.45, 2.75) is 12.6 Å². The maximum atomic E-state index is 12.4. The van der Waals surface area contributed by atoms with Crippen LogP contribution in [0.2, 0.25) is 0 Å². The van der Waals surface area contributed by atoms with Crippen molar-refractivity contribution in [3.8, 4) is 0 Å². The summed E-state index contributed by atoms with van der Waals surface area (Å²) in [5.41, 5.74) is -1.10. The fraction of sp³-hybridized carbons (Fsp3) is 0.273. The first-order valence-electron chi connectivity index (χ1n) is 6.13. The van der Waals surface area contributed by atoms with Crippen molar-refractivity contribution in [1.82, 2.24) is 24.6 Å². The van der Waals surface area contributed by atoms with Crippen LogP contribution in [0.25, 0.3) is 5.65 Å². The van der Waals surface area contributed by atoms with Crippen molar-refractivity contribution in [3.63, 3.8) is 0 Å². The van der Waals surface area contributed by atoms with Gasteiger partial charge in [-0.3, -0.25) is 9.20 Å². The summed E-state index contributed by atoms with van der Waals surface area (Å²) >= 11 is 0.880. The predicted octanol–water partition coefficient (Wildman–Crippen LogP) is 1.55. The van der Waals surface area contributed by atoms with E-state index in [0.717, 1.165) is 16.7 Å². The quantitative estimate of drug-likeness (QED) is 0.758. The molecule has 0 aliphatic carbocycles. The second-order valence-electron chi connectivity index (χ2n) is 4.31. The van der Waals surface area contributed by atoms with Crippen molar-refractivity contribution in [2.24, 2.45) is 0 Å². The summed E-state index contributed by atoms with van der Waals surface area (Å²) < 4.78 is 38.8. The smallest absolute Gasteiger partial charge is 0.361 e. The zero-order valence-electron chi connectivity index (χ0n) is 10.9. The van der Waals surface area contributed by atoms with E-state index in [-0.39, 0.29) is 16.3 Å². The van der Waals surface area contributed by atoms with Gasteiger partial charge >= 0.3 is 6.18 Å². The maximum Gasteiger partial charge on any atom is 0.434 e. The molecule has 0 saturated heterocycles. The van der Waals surface area contributed by atoms with Crippen molar-refractivity contribution in [1.29, 1.82) is 0 Å². The molecule has 11 heteroatoms. The third-order valence-electron chi connectivity index (χ3n) is 2.83. The second kappa shape index (κ2) is 5.40. The molecule has 3 aromatic heterocycles. The van der Waals surface area contributed by atoms with Crippen LogP contribution in [0.1, 0.15) is 11.5 Å². The SMILES string of the molecule is O=c1[nH]ccn2c(CCNc3nc(C(F)(F)F)cs3)nnc12. The van der Waals surface area contributed by atoms with Gasteiger partial charge in [-0.1, -0.05) is 0 Å². The Morgan fingerprint density at radius 2 is 2.18 bits per heavy atom. The number of H-pyrrole nitrogens is 1. The fourth-order valence-electron chi connectivity index (χ4n) is 1.82. The lowest BCUT2D eigenvalue weighted by Gasteiger charge is -2.02. The van der Waals surface area contributed by atoms with Crippen LogP contribution in [0.3, 0.4) is 0 Å². The predicted molar refractivity (Wildman–Crippen MR) is 72.9 cm³/mol. The molecule has 0 aliphatic rings. The number of thiazole rings is 1. The Bertz CT molecular complexity index is 851. The fourth-order valence-corrected chi connectivity index (χ4v) is 2.57. The van der Waals surface area contributed by atoms with E-state index in [2.05, 4.69) is 25.5 Å². The van der Waals surface area contributed by atoms with Gasteiger partial charge in [0.25, 0.3) is 5.56 Å². The highest BCUT2D eigenvalue weighted by Gasteiger charge is 2.33. The van der Waals surface area contributed by atoms with E-state index < -0.39 is 11.9 Å². The minimum atomic E-state index is -4.44. The summed E-state index contributed by atoms with van der Waals surface area (Å²) in [7, 11) is 0. The molecule has 0 atom stereocenters. The molecule has 0 unspecified atom stereocenters. The third kappa shape index (κ3) is 2.79. The van der Waals surface area contributed by atoms with Gasteiger partial charge in [0.15, 0.2) is 10.8 Å². The van der Waals surface area contributed by atoms with Crippen molar-refractivity contribution in [3.05, 3.63) is 39.6 Å². The molecule has 3 rings (SSSR count). The largest absolute Gasteiger partial charge is 0.434 e. The molecule has 3 aromatic rings. The van der Waals surface area contributed by atoms with Crippen LogP contribution in [-0.4, -0.2) is 31.1 Å². The zero-order valence-corrected chi connectivity index (χ0v) is 11.7. The van der Waals surface area contributed by atoms with Crippen molar-refractivity contribution >= 4 is 22.1 Å². The van der Waals surface area contributed by atoms with Crippen LogP contribution >= 0.6 is 11.3 Å². The molecule has 0 saturated carbocycles. The van der Waals surface area contributed by atoms with E-state index in [9.17, 15) is 18.0 Å². The Hall–Kier alpha value is -2.43. The number of hydrogen-bond donors (Lipinski definition) is 2. The maximum absolute atomic E-state index is 12.4. The molecule has 0 aromatic carbocycles. The van der Waals surface area contributed by atoms with Gasteiger partial charge in [0.1, 0.15) is 5.82 Å². The number of halogens is 3. The van der Waals surface area contributed by atoms with Gasteiger partial charge < -0.3 is 10.3 Å². The number of hydrogen-bond acceptors (Lipinski definition) is 6. The van der Waals surface area contributed by atoms with Crippen LogP contribution in [0.15, 0.2) is 22.6 Å². The minimum Gasteiger partial charge on any atom is -0.361 e. The van der Waals surface area contributed by atoms with Crippen LogP contribution in [0.5, 0.6) is 0 Å². The summed E-state index contributed by atoms with van der Waals surface area (Å²) in [6, 6.07) is 0. The summed E-state index contributed by atoms with van der Waals surface area (Å²) in [4.78, 5) is 17.4. The highest BCUT2D eigenvalue weighted by molar-refractivity contribution is 7.13. The van der Waals surface area contributed by atoms with E-state index >= 15 is 0 Å². The van der Waals surface area contributed by atoms with Gasteiger partial charge in [-0.05, 0) is 0 Å². The average Bonchev–Trinajstić information content (AvgIpc) is 3.07. The summed E-state index contributed by atoms with van der Waals surface area (Å²) in [6.45, 7) is 0.318. The first-order valence-corrected chi connectivity index (χ1v) is 7.01. The monoisotopic (exact) mass is 330 g/mol. The molecular weight excluding hydrogens is 321 g/mol. The molecule has 0 fully saturated rings. The molecule has 0 aliphatic heterocycles. The van der Waals surface area contributed by atoms with E-state index in [0.29, 0.717) is 18.8 Å². The summed E-state index contributed by atoms with van der Waals surface area (Å²) in [5.74, 6) is 0.529. The van der Waals surface area contributed by atoms with Gasteiger partial charge in [-0.25, -0.2) is 4.98 Å². The first kappa shape index (κ1) is 14.5. The van der Waals surface area contributed by atoms with E-state index in [1.807, 2.05) is 0 Å². The Morgan fingerprint density at radius 3 is 2.91 bits per heavy atom. The number of nitrogens with zero attached hydrogens (tertiary/aromatic N) is 4. The standard InChI is InChI=1S/C11H9F3N6OS/c12-11(13,14)6-5-22-10(17-6)16-2-1-7-18-19-8-9(21)15-3-4-20(7)8/h3-5H,1-2H2,(H,15,21)(H,16,17). The summed E-state index contributed by atoms with van der Waals surface area (Å²) in [6.07, 6.45) is -0.991. The van der Waals surface area contributed by atoms with Crippen LogP contribution < -0.4 is 10.9 Å². The number of anilines is 1. The molecule has 116 valence electrons. The van der Waals surface area contributed by atoms with Crippen LogP contribution in [0.4, 0.5) is 18.3 Å². The van der Waals surface area contributed by atoms with E-state index in [4.69, 9.17) is 0 Å². The minimum absolute atomic E-state index is 0.172. The number of rotatable bonds is 4. The Morgan fingerprint density at radius 1 is 1.36 bits per heavy atom. The van der Waals surface area contributed by atoms with Gasteiger partial charge in [0.2, 0.25) is 5.65 Å². The number of aromatic amines is 1. The van der Waals surface area contributed by atoms with E-state index in [1.54, 1.807) is 6.20 Å². The molecule has 0 radical (unpaired) electrons. The third-order valence-corrected chi connectivity index (χ3v) is 3.63. The second-order valence-corrected chi connectivity index (χ2v) is 5.17. The van der Waals surface area contributed by atoms with Gasteiger partial charge in [-0.15, -0.1) is 21.5 Å². The highest BCUT2D eigenvalue weighted by atomic mass is 32.1. The molecule has 3 heterocycles. The molecule has 0 amide bonds. The Labute approximate surface area is 124 Å². The topological polar surface area (TPSA) is 88.0 Å². The molecule has 2 N–H and O–H groups in total. The Kier molecular flexibility index (Phi) is 3.56. The van der Waals surface area contributed by atoms with Gasteiger partial charge in [0.05, 0.1) is 0 Å². The molecule has 0 bridgehead atoms. The Balaban J connectivity index is 1.66. The average molecular weight is 330 g/mol. The normalized spacial score (nSPS) is 12.0. The molecule has 22 heavy (non-hydrogen) atoms. The molecule has 0 spiro atoms. The van der Waals surface area contributed by atoms with Crippen LogP contribution in [0, 0.1) is 0 Å². The lowest BCUT2D eigenvalue weighted by atomic mass is 10.4. The van der Waals surface area contributed by atoms with Crippen molar-refractivity contribution < 1.29 is 13.2 Å². The highest BCUT2D eigenvalue weighted by Crippen LogP contribution is 2.31. The van der Waals surface area contributed by atoms with Gasteiger partial charge in [-0.2, -0.15) is 13.2 Å². The molecular formula is C11H9F3N6OS. The lowest BCUT2D eigenvalue weighted by Crippen LogP contribution is -2.11. The summed E-state index contributed by atoms with van der Waals surface area (Å²) in [5, 5.41) is 11.6. The number of nitrogens with one attached hydrogen (secondary N) is 2. The van der Waals surface area contributed by atoms with Crippen molar-refractivity contribution in [2.75, 3.05) is 11.9 Å². The number of fused-ring (bicyclic) bond motifs is 1. The van der Waals surface area contributed by atoms with Crippen LogP contribution in [-0.2, 0) is 12.6 Å². The lowest BCUT2D eigenvalue weighted by molar-refractivity contribution is -0.140. The number of alkyl halides is 3. The van der Waals surface area contributed by atoms with Gasteiger partial charge in [0, 0.05) is 30.7 Å². The van der Waals surface area contributed by atoms with E-state index in [1.165, 1.54) is 10.6 Å². The zero-order chi connectivity index (χ0) is 15.7. The molecule has 7 nitrogen and oxygen atoms in total. The number of aromatic nitrogens is 5. The first-order chi connectivity index (χ1) is 10.4.